The van der Waals surface area contributed by atoms with E-state index in [0.29, 0.717) is 31.2 Å². The number of hydrogen-bond acceptors (Lipinski definition) is 4. The van der Waals surface area contributed by atoms with Crippen molar-refractivity contribution in [2.45, 2.75) is 33.2 Å². The van der Waals surface area contributed by atoms with E-state index in [4.69, 9.17) is 0 Å². The van der Waals surface area contributed by atoms with Gasteiger partial charge in [-0.05, 0) is 25.0 Å². The van der Waals surface area contributed by atoms with Gasteiger partial charge in [0.05, 0.1) is 18.9 Å². The Hall–Kier alpha value is -1.12. The normalized spacial score (nSPS) is 12.4. The maximum Gasteiger partial charge on any atom is 0.411 e. The molecule has 1 rings (SSSR count). The second-order valence-corrected chi connectivity index (χ2v) is 7.94. The lowest BCUT2D eigenvalue weighted by Gasteiger charge is -2.12. The molecule has 0 aromatic heterocycles. The number of sulfonamides is 1. The van der Waals surface area contributed by atoms with Crippen LogP contribution in [0.15, 0.2) is 29.3 Å². The molecular formula is C17H28F3IN4O3S. The zero-order valence-electron chi connectivity index (χ0n) is 16.4. The number of alkyl halides is 3. The molecule has 7 nitrogen and oxygen atoms in total. The first-order valence-electron chi connectivity index (χ1n) is 8.87. The van der Waals surface area contributed by atoms with Crippen LogP contribution in [0.2, 0.25) is 0 Å². The zero-order chi connectivity index (χ0) is 21.0. The summed E-state index contributed by atoms with van der Waals surface area (Å²) in [5.41, 5.74) is 1.52. The summed E-state index contributed by atoms with van der Waals surface area (Å²) < 4.78 is 66.0. The molecule has 0 spiro atoms. The lowest BCUT2D eigenvalue weighted by Crippen LogP contribution is -2.41. The molecule has 0 amide bonds. The molecule has 0 aliphatic heterocycles. The number of benzene rings is 1. The predicted molar refractivity (Wildman–Crippen MR) is 118 cm³/mol. The number of hydrogen-bond donors (Lipinski definition) is 3. The maximum atomic E-state index is 12.1. The quantitative estimate of drug-likeness (QED) is 0.170. The van der Waals surface area contributed by atoms with Crippen LogP contribution in [0, 0.1) is 0 Å². The first-order chi connectivity index (χ1) is 13.1. The topological polar surface area (TPSA) is 91.8 Å². The van der Waals surface area contributed by atoms with Crippen LogP contribution >= 0.6 is 24.0 Å². The van der Waals surface area contributed by atoms with Crippen molar-refractivity contribution in [3.05, 3.63) is 35.4 Å². The van der Waals surface area contributed by atoms with Crippen molar-refractivity contribution < 1.29 is 26.3 Å². The number of nitrogens with one attached hydrogen (secondary N) is 3. The van der Waals surface area contributed by atoms with Crippen LogP contribution in [-0.2, 0) is 27.9 Å². The average Bonchev–Trinajstić information content (AvgIpc) is 2.63. The molecule has 168 valence electrons. The van der Waals surface area contributed by atoms with E-state index < -0.39 is 22.8 Å². The van der Waals surface area contributed by atoms with Gasteiger partial charge in [0.1, 0.15) is 6.61 Å². The highest BCUT2D eigenvalue weighted by atomic mass is 127. The van der Waals surface area contributed by atoms with Crippen molar-refractivity contribution in [2.75, 3.05) is 32.0 Å². The molecule has 0 radical (unpaired) electrons. The number of halogens is 4. The molecule has 29 heavy (non-hydrogen) atoms. The van der Waals surface area contributed by atoms with E-state index in [9.17, 15) is 21.6 Å². The van der Waals surface area contributed by atoms with Gasteiger partial charge in [-0.1, -0.05) is 24.3 Å². The minimum Gasteiger partial charge on any atom is -0.367 e. The van der Waals surface area contributed by atoms with Crippen molar-refractivity contribution in [2.24, 2.45) is 4.99 Å². The summed E-state index contributed by atoms with van der Waals surface area (Å²) in [6.07, 6.45) is -4.33. The van der Waals surface area contributed by atoms with Crippen LogP contribution in [0.1, 0.15) is 25.0 Å². The van der Waals surface area contributed by atoms with Crippen LogP contribution in [0.25, 0.3) is 0 Å². The van der Waals surface area contributed by atoms with Gasteiger partial charge in [-0.15, -0.1) is 24.0 Å². The second-order valence-electron chi connectivity index (χ2n) is 5.84. The van der Waals surface area contributed by atoms with Crippen LogP contribution in [0.3, 0.4) is 0 Å². The highest BCUT2D eigenvalue weighted by Gasteiger charge is 2.27. The van der Waals surface area contributed by atoms with E-state index in [0.717, 1.165) is 5.56 Å². The minimum absolute atomic E-state index is 0. The summed E-state index contributed by atoms with van der Waals surface area (Å²) in [5.74, 6) is 0.564. The molecule has 0 bridgehead atoms. The fraction of sp³-hybridized carbons (Fsp3) is 0.588. The Morgan fingerprint density at radius 1 is 1.07 bits per heavy atom. The van der Waals surface area contributed by atoms with E-state index in [1.54, 1.807) is 31.2 Å². The van der Waals surface area contributed by atoms with E-state index in [2.05, 4.69) is 25.1 Å². The van der Waals surface area contributed by atoms with E-state index >= 15 is 0 Å². The van der Waals surface area contributed by atoms with Gasteiger partial charge in [-0.25, -0.2) is 18.1 Å². The second kappa shape index (κ2) is 14.0. The highest BCUT2D eigenvalue weighted by Crippen LogP contribution is 2.16. The fourth-order valence-corrected chi connectivity index (χ4v) is 2.64. The third kappa shape index (κ3) is 13.7. The standard InChI is InChI=1S/C17H27F3N4O3S.HI/c1-3-21-16(22-9-10-24-28(25,26)4-2)23-11-14-5-7-15(8-6-14)12-27-13-17(18,19)20;/h5-8,24H,3-4,9-13H2,1-2H3,(H2,21,22,23);1H. The average molecular weight is 552 g/mol. The molecule has 0 unspecified atom stereocenters. The van der Waals surface area contributed by atoms with E-state index in [1.807, 2.05) is 6.92 Å². The molecule has 1 aromatic carbocycles. The van der Waals surface area contributed by atoms with Gasteiger partial charge in [-0.2, -0.15) is 13.2 Å². The lowest BCUT2D eigenvalue weighted by molar-refractivity contribution is -0.176. The number of nitrogens with zero attached hydrogens (tertiary/aromatic N) is 1. The monoisotopic (exact) mass is 552 g/mol. The number of rotatable bonds is 11. The molecule has 0 aliphatic carbocycles. The third-order valence-electron chi connectivity index (χ3n) is 3.44. The Morgan fingerprint density at radius 2 is 1.69 bits per heavy atom. The van der Waals surface area contributed by atoms with Crippen molar-refractivity contribution in [1.29, 1.82) is 0 Å². The molecule has 0 fully saturated rings. The Labute approximate surface area is 187 Å². The SMILES string of the molecule is CCNC(=NCc1ccc(COCC(F)(F)F)cc1)NCCNS(=O)(=O)CC.I. The first kappa shape index (κ1) is 27.9. The van der Waals surface area contributed by atoms with Crippen LogP contribution < -0.4 is 15.4 Å². The van der Waals surface area contributed by atoms with Gasteiger partial charge in [0.2, 0.25) is 10.0 Å². The summed E-state index contributed by atoms with van der Waals surface area (Å²) in [7, 11) is -3.23. The highest BCUT2D eigenvalue weighted by molar-refractivity contribution is 14.0. The van der Waals surface area contributed by atoms with Crippen molar-refractivity contribution >= 4 is 40.0 Å². The largest absolute Gasteiger partial charge is 0.411 e. The van der Waals surface area contributed by atoms with Crippen molar-refractivity contribution in [3.63, 3.8) is 0 Å². The Morgan fingerprint density at radius 3 is 2.24 bits per heavy atom. The molecule has 0 saturated carbocycles. The fourth-order valence-electron chi connectivity index (χ4n) is 2.03. The van der Waals surface area contributed by atoms with E-state index in [1.165, 1.54) is 0 Å². The van der Waals surface area contributed by atoms with Crippen molar-refractivity contribution in [1.82, 2.24) is 15.4 Å². The van der Waals surface area contributed by atoms with Gasteiger partial charge in [-0.3, -0.25) is 0 Å². The molecular weight excluding hydrogens is 524 g/mol. The lowest BCUT2D eigenvalue weighted by atomic mass is 10.1. The summed E-state index contributed by atoms with van der Waals surface area (Å²) in [5, 5.41) is 6.08. The summed E-state index contributed by atoms with van der Waals surface area (Å²) in [4.78, 5) is 4.40. The van der Waals surface area contributed by atoms with Crippen molar-refractivity contribution in [3.8, 4) is 0 Å². The summed E-state index contributed by atoms with van der Waals surface area (Å²) in [6.45, 7) is 3.71. The molecule has 0 atom stereocenters. The van der Waals surface area contributed by atoms with Crippen LogP contribution in [0.5, 0.6) is 0 Å². The number of ether oxygens (including phenoxy) is 1. The maximum absolute atomic E-state index is 12.1. The van der Waals surface area contributed by atoms with Crippen LogP contribution in [0.4, 0.5) is 13.2 Å². The molecule has 0 saturated heterocycles. The number of aliphatic imine (C=N–C) groups is 1. The molecule has 0 aliphatic rings. The Balaban J connectivity index is 0.00000784. The Bertz CT molecular complexity index is 714. The van der Waals surface area contributed by atoms with Gasteiger partial charge < -0.3 is 15.4 Å². The van der Waals surface area contributed by atoms with Gasteiger partial charge in [0, 0.05) is 19.6 Å². The van der Waals surface area contributed by atoms with Gasteiger partial charge >= 0.3 is 6.18 Å². The molecule has 0 heterocycles. The zero-order valence-corrected chi connectivity index (χ0v) is 19.5. The predicted octanol–water partition coefficient (Wildman–Crippen LogP) is 2.38. The molecule has 1 aromatic rings. The minimum atomic E-state index is -4.33. The van der Waals surface area contributed by atoms with Gasteiger partial charge in [0.25, 0.3) is 0 Å². The summed E-state index contributed by atoms with van der Waals surface area (Å²) in [6, 6.07) is 6.94. The molecule has 12 heteroatoms. The van der Waals surface area contributed by atoms with Crippen LogP contribution in [-0.4, -0.2) is 52.5 Å². The Kier molecular flexibility index (Phi) is 13.4. The van der Waals surface area contributed by atoms with E-state index in [-0.39, 0.29) is 42.9 Å². The summed E-state index contributed by atoms with van der Waals surface area (Å²) >= 11 is 0. The molecule has 3 N–H and O–H groups in total. The third-order valence-corrected chi connectivity index (χ3v) is 4.84. The van der Waals surface area contributed by atoms with Gasteiger partial charge in [0.15, 0.2) is 5.96 Å². The first-order valence-corrected chi connectivity index (χ1v) is 10.5. The smallest absolute Gasteiger partial charge is 0.367 e. The number of guanidine groups is 1.